The lowest BCUT2D eigenvalue weighted by molar-refractivity contribution is -0.190. The van der Waals surface area contributed by atoms with E-state index in [0.29, 0.717) is 6.61 Å². The molecule has 0 spiro atoms. The topological polar surface area (TPSA) is 75.6 Å². The van der Waals surface area contributed by atoms with Crippen molar-refractivity contribution in [2.45, 2.75) is 38.8 Å². The molecule has 2 N–H and O–H groups in total. The first-order valence-electron chi connectivity index (χ1n) is 7.28. The molecule has 1 aromatic rings. The van der Waals surface area contributed by atoms with Crippen molar-refractivity contribution in [1.82, 2.24) is 5.32 Å². The molecule has 0 bridgehead atoms. The van der Waals surface area contributed by atoms with Crippen LogP contribution in [-0.4, -0.2) is 35.2 Å². The zero-order valence-corrected chi connectivity index (χ0v) is 13.9. The molecule has 0 radical (unpaired) electrons. The summed E-state index contributed by atoms with van der Waals surface area (Å²) in [5.41, 5.74) is -2.12. The summed E-state index contributed by atoms with van der Waals surface area (Å²) < 4.78 is 18.7. The molecular formula is C16H19ClFNO4. The van der Waals surface area contributed by atoms with Crippen molar-refractivity contribution in [2.75, 3.05) is 6.61 Å². The molecule has 1 aliphatic carbocycles. The number of benzene rings is 1. The van der Waals surface area contributed by atoms with E-state index < -0.39 is 28.6 Å². The first-order valence-corrected chi connectivity index (χ1v) is 7.66. The van der Waals surface area contributed by atoms with Crippen molar-refractivity contribution in [1.29, 1.82) is 0 Å². The molecule has 2 rings (SSSR count). The van der Waals surface area contributed by atoms with Crippen LogP contribution >= 0.6 is 11.6 Å². The van der Waals surface area contributed by atoms with Gasteiger partial charge >= 0.3 is 5.97 Å². The van der Waals surface area contributed by atoms with Crippen LogP contribution < -0.4 is 5.32 Å². The summed E-state index contributed by atoms with van der Waals surface area (Å²) in [6, 6.07) is 3.50. The lowest BCUT2D eigenvalue weighted by atomic mass is 9.54. The van der Waals surface area contributed by atoms with Gasteiger partial charge < -0.3 is 15.2 Å². The van der Waals surface area contributed by atoms with Gasteiger partial charge in [-0.2, -0.15) is 0 Å². The second-order valence-corrected chi connectivity index (χ2v) is 6.57. The number of halogens is 2. The van der Waals surface area contributed by atoms with Gasteiger partial charge in [0.15, 0.2) is 0 Å². The molecule has 0 unspecified atom stereocenters. The molecule has 1 fully saturated rings. The molecule has 0 aromatic heterocycles. The number of hydrogen-bond acceptors (Lipinski definition) is 3. The maximum atomic E-state index is 13.2. The van der Waals surface area contributed by atoms with Crippen LogP contribution in [0.15, 0.2) is 18.2 Å². The molecule has 7 heteroatoms. The van der Waals surface area contributed by atoms with E-state index in [0.717, 1.165) is 6.07 Å². The van der Waals surface area contributed by atoms with Gasteiger partial charge in [-0.05, 0) is 25.1 Å². The summed E-state index contributed by atoms with van der Waals surface area (Å²) in [5, 5.41) is 12.0. The molecule has 0 heterocycles. The normalized spacial score (nSPS) is 25.5. The van der Waals surface area contributed by atoms with Gasteiger partial charge in [-0.25, -0.2) is 9.18 Å². The van der Waals surface area contributed by atoms with Gasteiger partial charge in [0.05, 0.1) is 11.1 Å². The Morgan fingerprint density at radius 1 is 1.48 bits per heavy atom. The van der Waals surface area contributed by atoms with Crippen molar-refractivity contribution in [3.05, 3.63) is 34.6 Å². The predicted octanol–water partition coefficient (Wildman–Crippen LogP) is 2.87. The van der Waals surface area contributed by atoms with Crippen LogP contribution in [0.5, 0.6) is 0 Å². The van der Waals surface area contributed by atoms with Crippen LogP contribution in [0.4, 0.5) is 4.39 Å². The third kappa shape index (κ3) is 2.81. The highest BCUT2D eigenvalue weighted by Crippen LogP contribution is 2.51. The minimum atomic E-state index is -1.44. The summed E-state index contributed by atoms with van der Waals surface area (Å²) in [6.45, 7) is 5.77. The Bertz CT molecular complexity index is 649. The van der Waals surface area contributed by atoms with Gasteiger partial charge in [0.25, 0.3) is 5.91 Å². The molecule has 5 nitrogen and oxygen atoms in total. The second kappa shape index (κ2) is 6.09. The van der Waals surface area contributed by atoms with E-state index in [9.17, 15) is 19.1 Å². The van der Waals surface area contributed by atoms with Crippen molar-refractivity contribution in [2.24, 2.45) is 5.41 Å². The zero-order valence-electron chi connectivity index (χ0n) is 13.2. The Labute approximate surface area is 138 Å². The number of amides is 1. The number of carbonyl (C=O) groups excluding carboxylic acids is 1. The van der Waals surface area contributed by atoms with Crippen LogP contribution in [0.3, 0.4) is 0 Å². The van der Waals surface area contributed by atoms with Crippen molar-refractivity contribution in [3.8, 4) is 0 Å². The summed E-state index contributed by atoms with van der Waals surface area (Å²) in [7, 11) is 0. The standard InChI is InChI=1S/C16H19ClFNO4/c1-4-23-12-8-16(14(21)22,15(12,2)3)19-13(20)9-5-6-11(18)10(17)7-9/h5-7,12H,4,8H2,1-3H3,(H,19,20)(H,21,22)/t12-,16+/m0/s1. The maximum absolute atomic E-state index is 13.2. The molecule has 23 heavy (non-hydrogen) atoms. The van der Waals surface area contributed by atoms with Gasteiger partial charge in [-0.3, -0.25) is 4.79 Å². The molecule has 0 aliphatic heterocycles. The first-order chi connectivity index (χ1) is 10.7. The van der Waals surface area contributed by atoms with E-state index in [2.05, 4.69) is 5.32 Å². The third-order valence-electron chi connectivity index (χ3n) is 4.64. The fourth-order valence-electron chi connectivity index (χ4n) is 2.94. The molecular weight excluding hydrogens is 325 g/mol. The van der Waals surface area contributed by atoms with Crippen LogP contribution in [0.25, 0.3) is 0 Å². The van der Waals surface area contributed by atoms with E-state index in [-0.39, 0.29) is 23.1 Å². The maximum Gasteiger partial charge on any atom is 0.330 e. The van der Waals surface area contributed by atoms with Gasteiger partial charge in [0, 0.05) is 24.0 Å². The van der Waals surface area contributed by atoms with Crippen molar-refractivity contribution >= 4 is 23.5 Å². The van der Waals surface area contributed by atoms with Gasteiger partial charge in [0.2, 0.25) is 0 Å². The predicted molar refractivity (Wildman–Crippen MR) is 83.1 cm³/mol. The molecule has 2 atom stereocenters. The highest BCUT2D eigenvalue weighted by atomic mass is 35.5. The summed E-state index contributed by atoms with van der Waals surface area (Å²) in [4.78, 5) is 24.2. The lowest BCUT2D eigenvalue weighted by Crippen LogP contribution is -2.76. The van der Waals surface area contributed by atoms with Crippen molar-refractivity contribution < 1.29 is 23.8 Å². The number of nitrogens with one attached hydrogen (secondary N) is 1. The molecule has 1 amide bonds. The summed E-state index contributed by atoms with van der Waals surface area (Å²) in [6.07, 6.45) is -0.0928. The van der Waals surface area contributed by atoms with E-state index in [1.54, 1.807) is 13.8 Å². The van der Waals surface area contributed by atoms with E-state index >= 15 is 0 Å². The van der Waals surface area contributed by atoms with Gasteiger partial charge in [-0.15, -0.1) is 0 Å². The summed E-state index contributed by atoms with van der Waals surface area (Å²) >= 11 is 5.67. The quantitative estimate of drug-likeness (QED) is 0.862. The number of rotatable bonds is 5. The molecule has 1 aliphatic rings. The average Bonchev–Trinajstić information content (AvgIpc) is 2.48. The van der Waals surface area contributed by atoms with Crippen LogP contribution in [0.2, 0.25) is 5.02 Å². The number of aliphatic carboxylic acids is 1. The van der Waals surface area contributed by atoms with E-state index in [4.69, 9.17) is 16.3 Å². The van der Waals surface area contributed by atoms with Crippen molar-refractivity contribution in [3.63, 3.8) is 0 Å². The Morgan fingerprint density at radius 3 is 2.61 bits per heavy atom. The highest BCUT2D eigenvalue weighted by Gasteiger charge is 2.66. The van der Waals surface area contributed by atoms with Crippen LogP contribution in [0, 0.1) is 11.2 Å². The Morgan fingerprint density at radius 2 is 2.13 bits per heavy atom. The fourth-order valence-corrected chi connectivity index (χ4v) is 3.12. The number of carboxylic acid groups (broad SMARTS) is 1. The Balaban J connectivity index is 2.26. The summed E-state index contributed by atoms with van der Waals surface area (Å²) in [5.74, 6) is -2.38. The van der Waals surface area contributed by atoms with E-state index in [1.807, 2.05) is 6.92 Å². The number of carboxylic acids is 1. The Hall–Kier alpha value is -1.66. The largest absolute Gasteiger partial charge is 0.479 e. The molecule has 1 saturated carbocycles. The molecule has 126 valence electrons. The third-order valence-corrected chi connectivity index (χ3v) is 4.93. The minimum absolute atomic E-state index is 0.104. The van der Waals surface area contributed by atoms with Gasteiger partial charge in [-0.1, -0.05) is 25.4 Å². The zero-order chi connectivity index (χ0) is 17.4. The number of hydrogen-bond donors (Lipinski definition) is 2. The highest BCUT2D eigenvalue weighted by molar-refractivity contribution is 6.31. The first kappa shape index (κ1) is 17.7. The van der Waals surface area contributed by atoms with Crippen LogP contribution in [0.1, 0.15) is 37.6 Å². The number of carbonyl (C=O) groups is 2. The van der Waals surface area contributed by atoms with Crippen LogP contribution in [-0.2, 0) is 9.53 Å². The monoisotopic (exact) mass is 343 g/mol. The average molecular weight is 344 g/mol. The minimum Gasteiger partial charge on any atom is -0.479 e. The smallest absolute Gasteiger partial charge is 0.330 e. The Kier molecular flexibility index (Phi) is 4.69. The SMILES string of the molecule is CCO[C@H]1C[C@@](NC(=O)c2ccc(F)c(Cl)c2)(C(=O)O)C1(C)C. The van der Waals surface area contributed by atoms with E-state index in [1.165, 1.54) is 12.1 Å². The number of ether oxygens (including phenoxy) is 1. The molecule has 0 saturated heterocycles. The lowest BCUT2D eigenvalue weighted by Gasteiger charge is -2.58. The second-order valence-electron chi connectivity index (χ2n) is 6.16. The fraction of sp³-hybridized carbons (Fsp3) is 0.500. The van der Waals surface area contributed by atoms with Gasteiger partial charge in [0.1, 0.15) is 11.4 Å². The molecule has 1 aromatic carbocycles.